The summed E-state index contributed by atoms with van der Waals surface area (Å²) in [6.07, 6.45) is -1.60. The van der Waals surface area contributed by atoms with Gasteiger partial charge >= 0.3 is 11.9 Å². The number of aliphatic hydroxyl groups excluding tert-OH is 2. The van der Waals surface area contributed by atoms with Gasteiger partial charge in [0.2, 0.25) is 0 Å². The van der Waals surface area contributed by atoms with Crippen LogP contribution in [0.1, 0.15) is 20.3 Å². The minimum atomic E-state index is -0.713. The second-order valence-electron chi connectivity index (χ2n) is 4.00. The third kappa shape index (κ3) is 1.75. The lowest BCUT2D eigenvalue weighted by molar-refractivity contribution is -0.139. The first-order chi connectivity index (χ1) is 7.91. The van der Waals surface area contributed by atoms with Gasteiger partial charge in [0.25, 0.3) is 0 Å². The Labute approximate surface area is 97.1 Å². The summed E-state index contributed by atoms with van der Waals surface area (Å²) < 4.78 is 9.55. The second kappa shape index (κ2) is 3.80. The van der Waals surface area contributed by atoms with Crippen molar-refractivity contribution in [1.82, 2.24) is 0 Å². The molecule has 17 heavy (non-hydrogen) atoms. The van der Waals surface area contributed by atoms with Crippen LogP contribution in [0, 0.1) is 0 Å². The molecule has 2 rings (SSSR count). The standard InChI is InChI=1S/C11H12O6/c1-4-8(12)6(10(14)16-4)3-7-9(13)5(2)17-11(7)15/h4-5,12-13H,3H2,1-2H3. The number of cyclic esters (lactones) is 2. The number of aliphatic hydroxyl groups is 2. The van der Waals surface area contributed by atoms with E-state index >= 15 is 0 Å². The largest absolute Gasteiger partial charge is 0.508 e. The first kappa shape index (κ1) is 11.5. The van der Waals surface area contributed by atoms with Gasteiger partial charge in [-0.2, -0.15) is 0 Å². The molecule has 0 saturated heterocycles. The maximum absolute atomic E-state index is 11.4. The molecule has 92 valence electrons. The van der Waals surface area contributed by atoms with Gasteiger partial charge in [0.1, 0.15) is 11.5 Å². The fraction of sp³-hybridized carbons (Fsp3) is 0.455. The summed E-state index contributed by atoms with van der Waals surface area (Å²) in [7, 11) is 0. The van der Waals surface area contributed by atoms with E-state index in [-0.39, 0.29) is 29.1 Å². The molecule has 0 aromatic rings. The number of esters is 2. The third-order valence-corrected chi connectivity index (χ3v) is 2.80. The van der Waals surface area contributed by atoms with Crippen LogP contribution in [-0.2, 0) is 19.1 Å². The third-order valence-electron chi connectivity index (χ3n) is 2.80. The highest BCUT2D eigenvalue weighted by Crippen LogP contribution is 2.30. The van der Waals surface area contributed by atoms with Crippen LogP contribution in [0.2, 0.25) is 0 Å². The zero-order chi connectivity index (χ0) is 12.7. The van der Waals surface area contributed by atoms with Gasteiger partial charge in [-0.3, -0.25) is 0 Å². The van der Waals surface area contributed by atoms with E-state index in [1.54, 1.807) is 0 Å². The number of hydrogen-bond donors (Lipinski definition) is 2. The molecule has 2 aliphatic rings. The first-order valence-corrected chi connectivity index (χ1v) is 5.17. The van der Waals surface area contributed by atoms with Crippen LogP contribution in [0.3, 0.4) is 0 Å². The Morgan fingerprint density at radius 1 is 0.941 bits per heavy atom. The lowest BCUT2D eigenvalue weighted by Gasteiger charge is -1.99. The molecule has 6 heteroatoms. The fourth-order valence-electron chi connectivity index (χ4n) is 1.78. The summed E-state index contributed by atoms with van der Waals surface area (Å²) in [5.74, 6) is -1.77. The molecule has 0 fully saturated rings. The summed E-state index contributed by atoms with van der Waals surface area (Å²) in [5.41, 5.74) is -0.0183. The zero-order valence-corrected chi connectivity index (χ0v) is 9.39. The number of carbonyl (C=O) groups is 2. The summed E-state index contributed by atoms with van der Waals surface area (Å²) in [5, 5.41) is 19.2. The lowest BCUT2D eigenvalue weighted by atomic mass is 10.0. The average Bonchev–Trinajstić information content (AvgIpc) is 2.62. The Bertz CT molecular complexity index is 417. The molecule has 2 heterocycles. The molecule has 2 atom stereocenters. The number of hydrogen-bond acceptors (Lipinski definition) is 6. The molecule has 0 aromatic heterocycles. The van der Waals surface area contributed by atoms with Crippen molar-refractivity contribution in [3.05, 3.63) is 22.7 Å². The second-order valence-corrected chi connectivity index (χ2v) is 4.00. The van der Waals surface area contributed by atoms with E-state index in [2.05, 4.69) is 0 Å². The van der Waals surface area contributed by atoms with Crippen molar-refractivity contribution >= 4 is 11.9 Å². The van der Waals surface area contributed by atoms with Crippen molar-refractivity contribution in [2.24, 2.45) is 0 Å². The quantitative estimate of drug-likeness (QED) is 0.696. The lowest BCUT2D eigenvalue weighted by Crippen LogP contribution is -2.07. The molecule has 0 bridgehead atoms. The van der Waals surface area contributed by atoms with Crippen molar-refractivity contribution in [1.29, 1.82) is 0 Å². The number of ether oxygens (including phenoxy) is 2. The molecule has 6 nitrogen and oxygen atoms in total. The van der Waals surface area contributed by atoms with Gasteiger partial charge in [-0.25, -0.2) is 9.59 Å². The smallest absolute Gasteiger partial charge is 0.338 e. The topological polar surface area (TPSA) is 93.1 Å². The predicted molar refractivity (Wildman–Crippen MR) is 55.0 cm³/mol. The summed E-state index contributed by atoms with van der Waals surface area (Å²) in [6.45, 7) is 3.04. The molecule has 2 N–H and O–H groups in total. The summed E-state index contributed by atoms with van der Waals surface area (Å²) >= 11 is 0. The minimum absolute atomic E-state index is 0.00917. The molecular weight excluding hydrogens is 228 g/mol. The van der Waals surface area contributed by atoms with Crippen molar-refractivity contribution in [2.75, 3.05) is 0 Å². The van der Waals surface area contributed by atoms with E-state index in [1.165, 1.54) is 13.8 Å². The van der Waals surface area contributed by atoms with E-state index in [0.29, 0.717) is 0 Å². The molecular formula is C11H12O6. The van der Waals surface area contributed by atoms with E-state index in [4.69, 9.17) is 9.47 Å². The Hall–Kier alpha value is -1.98. The average molecular weight is 240 g/mol. The summed E-state index contributed by atoms with van der Waals surface area (Å²) in [6, 6.07) is 0. The van der Waals surface area contributed by atoms with Crippen LogP contribution < -0.4 is 0 Å². The molecule has 0 saturated carbocycles. The zero-order valence-electron chi connectivity index (χ0n) is 9.39. The van der Waals surface area contributed by atoms with Gasteiger partial charge in [0.15, 0.2) is 12.2 Å². The van der Waals surface area contributed by atoms with Crippen LogP contribution in [0.5, 0.6) is 0 Å². The molecule has 2 aliphatic heterocycles. The SMILES string of the molecule is CC1OC(=O)C(CC2=C(O)C(C)OC2=O)=C1O. The molecule has 2 unspecified atom stereocenters. The highest BCUT2D eigenvalue weighted by molar-refractivity contribution is 5.97. The fourth-order valence-corrected chi connectivity index (χ4v) is 1.78. The summed E-state index contributed by atoms with van der Waals surface area (Å²) in [4.78, 5) is 22.8. The molecule has 0 aliphatic carbocycles. The molecule has 0 radical (unpaired) electrons. The predicted octanol–water partition coefficient (Wildman–Crippen LogP) is 0.891. The minimum Gasteiger partial charge on any atom is -0.508 e. The highest BCUT2D eigenvalue weighted by atomic mass is 16.6. The highest BCUT2D eigenvalue weighted by Gasteiger charge is 2.37. The Morgan fingerprint density at radius 3 is 1.53 bits per heavy atom. The van der Waals surface area contributed by atoms with E-state index in [0.717, 1.165) is 0 Å². The monoisotopic (exact) mass is 240 g/mol. The van der Waals surface area contributed by atoms with Gasteiger partial charge in [-0.05, 0) is 13.8 Å². The number of carbonyl (C=O) groups excluding carboxylic acids is 2. The van der Waals surface area contributed by atoms with Crippen LogP contribution in [0.25, 0.3) is 0 Å². The molecule has 0 spiro atoms. The van der Waals surface area contributed by atoms with Gasteiger partial charge in [-0.1, -0.05) is 0 Å². The van der Waals surface area contributed by atoms with Crippen molar-refractivity contribution in [3.63, 3.8) is 0 Å². The van der Waals surface area contributed by atoms with Crippen molar-refractivity contribution in [2.45, 2.75) is 32.5 Å². The number of rotatable bonds is 2. The maximum atomic E-state index is 11.4. The van der Waals surface area contributed by atoms with E-state index < -0.39 is 24.1 Å². The molecule has 0 amide bonds. The Kier molecular flexibility index (Phi) is 2.57. The Morgan fingerprint density at radius 2 is 1.29 bits per heavy atom. The van der Waals surface area contributed by atoms with E-state index in [1.807, 2.05) is 0 Å². The first-order valence-electron chi connectivity index (χ1n) is 5.17. The van der Waals surface area contributed by atoms with Crippen molar-refractivity contribution < 1.29 is 29.3 Å². The van der Waals surface area contributed by atoms with Gasteiger partial charge < -0.3 is 19.7 Å². The molecule has 0 aromatic carbocycles. The maximum Gasteiger partial charge on any atom is 0.338 e. The van der Waals surface area contributed by atoms with Gasteiger partial charge in [-0.15, -0.1) is 0 Å². The normalized spacial score (nSPS) is 28.8. The van der Waals surface area contributed by atoms with Crippen LogP contribution >= 0.6 is 0 Å². The van der Waals surface area contributed by atoms with Gasteiger partial charge in [0.05, 0.1) is 11.1 Å². The van der Waals surface area contributed by atoms with Crippen molar-refractivity contribution in [3.8, 4) is 0 Å². The van der Waals surface area contributed by atoms with Gasteiger partial charge in [0, 0.05) is 6.42 Å². The van der Waals surface area contributed by atoms with Crippen LogP contribution in [-0.4, -0.2) is 34.4 Å². The van der Waals surface area contributed by atoms with Crippen LogP contribution in [0.15, 0.2) is 22.7 Å². The van der Waals surface area contributed by atoms with Crippen LogP contribution in [0.4, 0.5) is 0 Å². The Balaban J connectivity index is 2.29. The van der Waals surface area contributed by atoms with E-state index in [9.17, 15) is 19.8 Å².